The van der Waals surface area contributed by atoms with Crippen molar-refractivity contribution >= 4 is 0 Å². The number of hydrogen-bond donors (Lipinski definition) is 1. The zero-order valence-electron chi connectivity index (χ0n) is 10.5. The van der Waals surface area contributed by atoms with Gasteiger partial charge in [-0.1, -0.05) is 5.16 Å². The summed E-state index contributed by atoms with van der Waals surface area (Å²) in [6.45, 7) is 0.802. The van der Waals surface area contributed by atoms with E-state index in [1.54, 1.807) is 12.3 Å². The third-order valence-electron chi connectivity index (χ3n) is 3.14. The lowest BCUT2D eigenvalue weighted by Gasteiger charge is -2.20. The number of pyridine rings is 1. The standard InChI is InChI=1S/C13H15N3O3/c17-10-5-3-6-14-12(10)13-15-11(16-19-13)8-9-4-1-2-7-18-9/h3,5-6,9,17H,1-2,4,7-8H2. The van der Waals surface area contributed by atoms with E-state index in [9.17, 15) is 5.11 Å². The quantitative estimate of drug-likeness (QED) is 0.909. The molecule has 1 unspecified atom stereocenters. The van der Waals surface area contributed by atoms with Crippen molar-refractivity contribution < 1.29 is 14.4 Å². The first kappa shape index (κ1) is 12.1. The predicted molar refractivity (Wildman–Crippen MR) is 66.5 cm³/mol. The molecule has 100 valence electrons. The highest BCUT2D eigenvalue weighted by Gasteiger charge is 2.19. The van der Waals surface area contributed by atoms with Gasteiger partial charge in [0, 0.05) is 19.2 Å². The summed E-state index contributed by atoms with van der Waals surface area (Å²) in [6, 6.07) is 3.18. The Morgan fingerprint density at radius 3 is 3.11 bits per heavy atom. The number of ether oxygens (including phenoxy) is 1. The molecule has 19 heavy (non-hydrogen) atoms. The second-order valence-electron chi connectivity index (χ2n) is 4.58. The van der Waals surface area contributed by atoms with Crippen LogP contribution in [0.5, 0.6) is 5.75 Å². The van der Waals surface area contributed by atoms with Gasteiger partial charge in [-0.15, -0.1) is 0 Å². The van der Waals surface area contributed by atoms with Gasteiger partial charge in [-0.3, -0.25) is 0 Å². The number of aromatic nitrogens is 3. The van der Waals surface area contributed by atoms with Crippen molar-refractivity contribution in [3.63, 3.8) is 0 Å². The first-order chi connectivity index (χ1) is 9.33. The Morgan fingerprint density at radius 2 is 2.32 bits per heavy atom. The normalized spacial score (nSPS) is 19.5. The second-order valence-corrected chi connectivity index (χ2v) is 4.58. The SMILES string of the molecule is Oc1cccnc1-c1nc(CC2CCCCO2)no1. The monoisotopic (exact) mass is 261 g/mol. The van der Waals surface area contributed by atoms with Crippen molar-refractivity contribution in [2.45, 2.75) is 31.8 Å². The summed E-state index contributed by atoms with van der Waals surface area (Å²) >= 11 is 0. The van der Waals surface area contributed by atoms with Gasteiger partial charge in [0.05, 0.1) is 6.10 Å². The highest BCUT2D eigenvalue weighted by atomic mass is 16.5. The third kappa shape index (κ3) is 2.73. The Balaban J connectivity index is 1.74. The first-order valence-corrected chi connectivity index (χ1v) is 6.41. The van der Waals surface area contributed by atoms with E-state index in [0.29, 0.717) is 17.9 Å². The molecule has 3 rings (SSSR count). The largest absolute Gasteiger partial charge is 0.505 e. The topological polar surface area (TPSA) is 81.3 Å². The Hall–Kier alpha value is -1.95. The lowest BCUT2D eigenvalue weighted by atomic mass is 10.1. The van der Waals surface area contributed by atoms with E-state index in [2.05, 4.69) is 15.1 Å². The molecule has 1 aliphatic rings. The minimum atomic E-state index is 0.0339. The zero-order chi connectivity index (χ0) is 13.1. The molecule has 1 aliphatic heterocycles. The van der Waals surface area contributed by atoms with E-state index in [4.69, 9.17) is 9.26 Å². The Labute approximate surface area is 110 Å². The summed E-state index contributed by atoms with van der Waals surface area (Å²) < 4.78 is 10.8. The molecule has 0 saturated carbocycles. The Morgan fingerprint density at radius 1 is 1.37 bits per heavy atom. The molecule has 6 nitrogen and oxygen atoms in total. The molecule has 1 atom stereocenters. The molecule has 0 aromatic carbocycles. The Bertz CT molecular complexity index is 550. The fraction of sp³-hybridized carbons (Fsp3) is 0.462. The second kappa shape index (κ2) is 5.36. The highest BCUT2D eigenvalue weighted by Crippen LogP contribution is 2.25. The van der Waals surface area contributed by atoms with E-state index >= 15 is 0 Å². The van der Waals surface area contributed by atoms with Gasteiger partial charge in [0.15, 0.2) is 11.5 Å². The molecular weight excluding hydrogens is 246 g/mol. The lowest BCUT2D eigenvalue weighted by Crippen LogP contribution is -2.21. The van der Waals surface area contributed by atoms with Gasteiger partial charge in [-0.25, -0.2) is 4.98 Å². The number of nitrogens with zero attached hydrogens (tertiary/aromatic N) is 3. The van der Waals surface area contributed by atoms with Gasteiger partial charge in [-0.2, -0.15) is 4.98 Å². The fourth-order valence-corrected chi connectivity index (χ4v) is 2.17. The summed E-state index contributed by atoms with van der Waals surface area (Å²) in [5.41, 5.74) is 0.311. The summed E-state index contributed by atoms with van der Waals surface area (Å²) in [7, 11) is 0. The third-order valence-corrected chi connectivity index (χ3v) is 3.14. The van der Waals surface area contributed by atoms with Gasteiger partial charge in [0.25, 0.3) is 5.89 Å². The van der Waals surface area contributed by atoms with Crippen LogP contribution in [0.15, 0.2) is 22.9 Å². The minimum absolute atomic E-state index is 0.0339. The van der Waals surface area contributed by atoms with Crippen LogP contribution in [0.25, 0.3) is 11.6 Å². The smallest absolute Gasteiger partial charge is 0.280 e. The van der Waals surface area contributed by atoms with E-state index in [1.165, 1.54) is 12.5 Å². The summed E-state index contributed by atoms with van der Waals surface area (Å²) in [6.07, 6.45) is 5.70. The molecule has 0 bridgehead atoms. The van der Waals surface area contributed by atoms with Crippen LogP contribution in [-0.2, 0) is 11.2 Å². The summed E-state index contributed by atoms with van der Waals surface area (Å²) in [5.74, 6) is 0.863. The van der Waals surface area contributed by atoms with E-state index in [0.717, 1.165) is 19.4 Å². The average Bonchev–Trinajstić information content (AvgIpc) is 2.89. The fourth-order valence-electron chi connectivity index (χ4n) is 2.17. The molecule has 1 saturated heterocycles. The van der Waals surface area contributed by atoms with Crippen molar-refractivity contribution in [3.8, 4) is 17.3 Å². The maximum absolute atomic E-state index is 9.68. The maximum atomic E-state index is 9.68. The van der Waals surface area contributed by atoms with Gasteiger partial charge >= 0.3 is 0 Å². The predicted octanol–water partition coefficient (Wildman–Crippen LogP) is 1.95. The first-order valence-electron chi connectivity index (χ1n) is 6.41. The van der Waals surface area contributed by atoms with Crippen LogP contribution in [0, 0.1) is 0 Å². The maximum Gasteiger partial charge on any atom is 0.280 e. The van der Waals surface area contributed by atoms with E-state index < -0.39 is 0 Å². The molecule has 2 aromatic heterocycles. The van der Waals surface area contributed by atoms with E-state index in [1.807, 2.05) is 0 Å². The number of hydrogen-bond acceptors (Lipinski definition) is 6. The van der Waals surface area contributed by atoms with Crippen LogP contribution in [0.1, 0.15) is 25.1 Å². The lowest BCUT2D eigenvalue weighted by molar-refractivity contribution is 0.0153. The van der Waals surface area contributed by atoms with Crippen LogP contribution >= 0.6 is 0 Å². The van der Waals surface area contributed by atoms with Gasteiger partial charge in [0.1, 0.15) is 5.75 Å². The van der Waals surface area contributed by atoms with Crippen LogP contribution in [-0.4, -0.2) is 32.9 Å². The number of rotatable bonds is 3. The molecule has 0 radical (unpaired) electrons. The van der Waals surface area contributed by atoms with Crippen molar-refractivity contribution in [2.24, 2.45) is 0 Å². The molecule has 0 aliphatic carbocycles. The van der Waals surface area contributed by atoms with Crippen LogP contribution in [0.3, 0.4) is 0 Å². The number of aromatic hydroxyl groups is 1. The molecule has 3 heterocycles. The molecular formula is C13H15N3O3. The molecule has 0 spiro atoms. The average molecular weight is 261 g/mol. The van der Waals surface area contributed by atoms with Gasteiger partial charge in [0.2, 0.25) is 0 Å². The van der Waals surface area contributed by atoms with Gasteiger partial charge in [-0.05, 0) is 31.4 Å². The highest BCUT2D eigenvalue weighted by molar-refractivity contribution is 5.55. The summed E-state index contributed by atoms with van der Waals surface area (Å²) in [4.78, 5) is 8.29. The Kier molecular flexibility index (Phi) is 3.41. The van der Waals surface area contributed by atoms with Gasteiger partial charge < -0.3 is 14.4 Å². The molecule has 1 N–H and O–H groups in total. The molecule has 2 aromatic rings. The minimum Gasteiger partial charge on any atom is -0.505 e. The molecule has 6 heteroatoms. The van der Waals surface area contributed by atoms with Crippen LogP contribution in [0.2, 0.25) is 0 Å². The van der Waals surface area contributed by atoms with E-state index in [-0.39, 0.29) is 17.7 Å². The molecule has 0 amide bonds. The summed E-state index contributed by atoms with van der Waals surface area (Å²) in [5, 5.41) is 13.6. The van der Waals surface area contributed by atoms with Crippen LogP contribution < -0.4 is 0 Å². The van der Waals surface area contributed by atoms with Crippen molar-refractivity contribution in [1.82, 2.24) is 15.1 Å². The van der Waals surface area contributed by atoms with Crippen molar-refractivity contribution in [3.05, 3.63) is 24.2 Å². The molecule has 1 fully saturated rings. The van der Waals surface area contributed by atoms with Crippen molar-refractivity contribution in [2.75, 3.05) is 6.61 Å². The zero-order valence-corrected chi connectivity index (χ0v) is 10.5. The van der Waals surface area contributed by atoms with Crippen molar-refractivity contribution in [1.29, 1.82) is 0 Å². The van der Waals surface area contributed by atoms with Crippen LogP contribution in [0.4, 0.5) is 0 Å².